The van der Waals surface area contributed by atoms with Gasteiger partial charge in [0.05, 0.1) is 0 Å². The molecule has 2 nitrogen and oxygen atoms in total. The first-order chi connectivity index (χ1) is 14.1. The molecule has 1 aromatic carbocycles. The van der Waals surface area contributed by atoms with Crippen molar-refractivity contribution in [2.45, 2.75) is 88.8 Å². The Bertz CT molecular complexity index is 612. The van der Waals surface area contributed by atoms with Crippen molar-refractivity contribution in [1.29, 1.82) is 0 Å². The van der Waals surface area contributed by atoms with Gasteiger partial charge in [0.15, 0.2) is 0 Å². The summed E-state index contributed by atoms with van der Waals surface area (Å²) in [7, 11) is 0. The van der Waals surface area contributed by atoms with E-state index in [1.165, 1.54) is 24.3 Å². The van der Waals surface area contributed by atoms with Crippen LogP contribution in [0.5, 0.6) is 0 Å². The average molecular weight is 543 g/mol. The number of esters is 1. The van der Waals surface area contributed by atoms with Crippen molar-refractivity contribution < 1.29 is 31.5 Å². The molecule has 0 heterocycles. The molecule has 0 saturated heterocycles. The summed E-state index contributed by atoms with van der Waals surface area (Å²) in [5.41, 5.74) is -0.168. The second-order valence-electron chi connectivity index (χ2n) is 7.91. The first-order valence-corrected chi connectivity index (χ1v) is 18.2. The fourth-order valence-electron chi connectivity index (χ4n) is 3.79. The molecule has 1 rings (SSSR count). The summed E-state index contributed by atoms with van der Waals surface area (Å²) in [5, 5.41) is 0. The number of hydrogen-bond donors (Lipinski definition) is 0. The molecule has 0 aliphatic carbocycles. The number of unbranched alkanes of at least 4 members (excludes halogenated alkanes) is 3. The Labute approximate surface area is 180 Å². The molecule has 1 atom stereocenters. The standard InChI is InChI=1S/C10H6F5O2.3C4H9.Sn/c11-8(12)7(10(13,14)15)17-9(16)6-4-2-1-3-5-6;3*1-3-4-2;/h1-5,7H;3*1,3-4H2,2H3;. The SMILES string of the molecule is CCC[CH2][Sn]([CH2]CCC)([CH2]CCC)[C](F)(F)C(OC(=O)c1ccccc1)C(F)(F)F. The zero-order chi connectivity index (χ0) is 22.8. The number of carbonyl (C=O) groups is 1. The van der Waals surface area contributed by atoms with Crippen LogP contribution in [-0.2, 0) is 4.74 Å². The van der Waals surface area contributed by atoms with Gasteiger partial charge in [0, 0.05) is 0 Å². The van der Waals surface area contributed by atoms with Gasteiger partial charge < -0.3 is 0 Å². The molecule has 0 spiro atoms. The van der Waals surface area contributed by atoms with Gasteiger partial charge in [-0.1, -0.05) is 0 Å². The molecule has 0 aromatic heterocycles. The first-order valence-electron chi connectivity index (χ1n) is 10.8. The second-order valence-corrected chi connectivity index (χ2v) is 21.4. The van der Waals surface area contributed by atoms with Crippen LogP contribution in [0, 0.1) is 0 Å². The topological polar surface area (TPSA) is 26.3 Å². The predicted molar refractivity (Wildman–Crippen MR) is 112 cm³/mol. The monoisotopic (exact) mass is 544 g/mol. The molecule has 0 radical (unpaired) electrons. The van der Waals surface area contributed by atoms with E-state index in [4.69, 9.17) is 0 Å². The van der Waals surface area contributed by atoms with E-state index in [-0.39, 0.29) is 18.9 Å². The Balaban J connectivity index is 3.39. The van der Waals surface area contributed by atoms with Gasteiger partial charge in [0.2, 0.25) is 0 Å². The van der Waals surface area contributed by atoms with Gasteiger partial charge >= 0.3 is 181 Å². The number of rotatable bonds is 13. The van der Waals surface area contributed by atoms with Crippen LogP contribution >= 0.6 is 0 Å². The van der Waals surface area contributed by atoms with E-state index < -0.39 is 40.6 Å². The van der Waals surface area contributed by atoms with Gasteiger partial charge in [-0.2, -0.15) is 0 Å². The molecule has 0 amide bonds. The number of hydrogen-bond acceptors (Lipinski definition) is 2. The third-order valence-electron chi connectivity index (χ3n) is 5.59. The summed E-state index contributed by atoms with van der Waals surface area (Å²) in [6.07, 6.45) is -5.34. The summed E-state index contributed by atoms with van der Waals surface area (Å²) < 4.78 is 74.3. The zero-order valence-corrected chi connectivity index (χ0v) is 20.9. The van der Waals surface area contributed by atoms with Crippen LogP contribution in [0.4, 0.5) is 22.0 Å². The molecule has 0 N–H and O–H groups in total. The van der Waals surface area contributed by atoms with E-state index >= 15 is 8.78 Å². The molecule has 1 aromatic rings. The molecular formula is C22H33F5O2Sn. The van der Waals surface area contributed by atoms with E-state index in [9.17, 15) is 18.0 Å². The Hall–Kier alpha value is -0.861. The Morgan fingerprint density at radius 3 is 1.67 bits per heavy atom. The van der Waals surface area contributed by atoms with Crippen LogP contribution < -0.4 is 0 Å². The normalized spacial score (nSPS) is 13.9. The molecule has 0 saturated carbocycles. The Morgan fingerprint density at radius 2 is 1.30 bits per heavy atom. The number of halogens is 5. The van der Waals surface area contributed by atoms with E-state index in [0.29, 0.717) is 38.5 Å². The number of ether oxygens (including phenoxy) is 1. The second kappa shape index (κ2) is 12.2. The van der Waals surface area contributed by atoms with Crippen molar-refractivity contribution in [2.24, 2.45) is 0 Å². The van der Waals surface area contributed by atoms with Gasteiger partial charge in [-0.15, -0.1) is 0 Å². The number of benzene rings is 1. The summed E-state index contributed by atoms with van der Waals surface area (Å²) in [4.78, 5) is 12.3. The third-order valence-corrected chi connectivity index (χ3v) is 21.6. The van der Waals surface area contributed by atoms with Crippen LogP contribution in [0.25, 0.3) is 0 Å². The van der Waals surface area contributed by atoms with Gasteiger partial charge in [0.1, 0.15) is 0 Å². The van der Waals surface area contributed by atoms with Crippen LogP contribution in [0.3, 0.4) is 0 Å². The molecule has 0 fully saturated rings. The van der Waals surface area contributed by atoms with E-state index in [2.05, 4.69) is 4.74 Å². The molecular weight excluding hydrogens is 510 g/mol. The molecule has 8 heteroatoms. The van der Waals surface area contributed by atoms with E-state index in [0.717, 1.165) is 0 Å². The Morgan fingerprint density at radius 1 is 0.867 bits per heavy atom. The minimum atomic E-state index is -5.33. The summed E-state index contributed by atoms with van der Waals surface area (Å²) in [6, 6.07) is 6.99. The van der Waals surface area contributed by atoms with Crippen LogP contribution in [0.2, 0.25) is 13.3 Å². The number of alkyl halides is 5. The van der Waals surface area contributed by atoms with Crippen molar-refractivity contribution in [1.82, 2.24) is 0 Å². The zero-order valence-electron chi connectivity index (χ0n) is 18.0. The summed E-state index contributed by atoms with van der Waals surface area (Å²) in [6.45, 7) is 5.56. The van der Waals surface area contributed by atoms with Crippen molar-refractivity contribution >= 4 is 24.3 Å². The van der Waals surface area contributed by atoms with E-state index in [1.807, 2.05) is 20.8 Å². The fraction of sp³-hybridized carbons (Fsp3) is 0.682. The van der Waals surface area contributed by atoms with Crippen molar-refractivity contribution in [3.05, 3.63) is 35.9 Å². The van der Waals surface area contributed by atoms with Crippen molar-refractivity contribution in [3.63, 3.8) is 0 Å². The summed E-state index contributed by atoms with van der Waals surface area (Å²) >= 11 is -4.72. The molecule has 1 unspecified atom stereocenters. The van der Waals surface area contributed by atoms with Crippen LogP contribution in [0.1, 0.15) is 69.7 Å². The maximum absolute atomic E-state index is 15.8. The van der Waals surface area contributed by atoms with Crippen molar-refractivity contribution in [2.75, 3.05) is 0 Å². The van der Waals surface area contributed by atoms with Gasteiger partial charge in [0.25, 0.3) is 0 Å². The molecule has 0 aliphatic heterocycles. The maximum atomic E-state index is 15.8. The quantitative estimate of drug-likeness (QED) is 0.144. The van der Waals surface area contributed by atoms with Gasteiger partial charge in [-0.05, 0) is 0 Å². The third kappa shape index (κ3) is 7.09. The average Bonchev–Trinajstić information content (AvgIpc) is 2.71. The van der Waals surface area contributed by atoms with Gasteiger partial charge in [-0.25, -0.2) is 0 Å². The number of carbonyl (C=O) groups excluding carboxylic acids is 1. The molecule has 0 aliphatic rings. The fourth-order valence-corrected chi connectivity index (χ4v) is 19.8. The molecule has 172 valence electrons. The Kier molecular flexibility index (Phi) is 11.1. The van der Waals surface area contributed by atoms with Crippen LogP contribution in [0.15, 0.2) is 30.3 Å². The molecule has 30 heavy (non-hydrogen) atoms. The van der Waals surface area contributed by atoms with Crippen molar-refractivity contribution in [3.8, 4) is 0 Å². The van der Waals surface area contributed by atoms with E-state index in [1.54, 1.807) is 6.07 Å². The predicted octanol–water partition coefficient (Wildman–Crippen LogP) is 7.80. The van der Waals surface area contributed by atoms with Gasteiger partial charge in [-0.3, -0.25) is 0 Å². The summed E-state index contributed by atoms with van der Waals surface area (Å²) in [5.74, 6) is -1.36. The molecule has 0 bridgehead atoms. The minimum absolute atomic E-state index is 0.168. The van der Waals surface area contributed by atoms with Crippen LogP contribution in [-0.4, -0.2) is 40.6 Å². The first kappa shape index (κ1) is 27.2.